The van der Waals surface area contributed by atoms with Crippen molar-refractivity contribution in [2.45, 2.75) is 25.6 Å². The normalized spacial score (nSPS) is 18.1. The number of aromatic nitrogens is 3. The Balaban J connectivity index is 1.13. The van der Waals surface area contributed by atoms with E-state index in [0.717, 1.165) is 72.6 Å². The topological polar surface area (TPSA) is 71.8 Å². The van der Waals surface area contributed by atoms with Crippen LogP contribution < -0.4 is 4.90 Å². The minimum absolute atomic E-state index is 0.189. The molecule has 1 aromatic carbocycles. The molecule has 0 saturated carbocycles. The van der Waals surface area contributed by atoms with Crippen LogP contribution in [0.15, 0.2) is 36.7 Å². The third kappa shape index (κ3) is 3.89. The molecule has 1 spiro atoms. The lowest BCUT2D eigenvalue weighted by atomic mass is 9.79. The summed E-state index contributed by atoms with van der Waals surface area (Å²) >= 11 is 1.10. The van der Waals surface area contributed by atoms with Crippen LogP contribution in [-0.2, 0) is 13.0 Å². The Morgan fingerprint density at radius 1 is 1.15 bits per heavy atom. The Hall–Kier alpha value is -3.16. The second-order valence-electron chi connectivity index (χ2n) is 9.45. The Labute approximate surface area is 197 Å². The van der Waals surface area contributed by atoms with Gasteiger partial charge in [-0.05, 0) is 36.2 Å². The maximum atomic E-state index is 12.9. The minimum Gasteiger partial charge on any atom is -0.355 e. The Morgan fingerprint density at radius 2 is 2.00 bits per heavy atom. The summed E-state index contributed by atoms with van der Waals surface area (Å²) in [5.41, 5.74) is 2.94. The SMILES string of the molecule is N#Cc1cc2cc(CN3CC4(CCN(c5ncnc6sc(CC(F)(F)F)cc56)C4)C3)ccc2[nH]1. The second kappa shape index (κ2) is 7.68. The zero-order chi connectivity index (χ0) is 23.5. The number of halogens is 3. The number of thiophene rings is 1. The van der Waals surface area contributed by atoms with Gasteiger partial charge >= 0.3 is 6.18 Å². The molecule has 6 rings (SSSR count). The number of nitrogens with one attached hydrogen (secondary N) is 1. The van der Waals surface area contributed by atoms with E-state index in [1.165, 1.54) is 11.9 Å². The summed E-state index contributed by atoms with van der Waals surface area (Å²) in [4.78, 5) is 17.3. The van der Waals surface area contributed by atoms with Crippen molar-refractivity contribution in [3.8, 4) is 6.07 Å². The largest absolute Gasteiger partial charge is 0.393 e. The lowest BCUT2D eigenvalue weighted by Crippen LogP contribution is -2.56. The predicted octanol–water partition coefficient (Wildman–Crippen LogP) is 4.86. The molecule has 34 heavy (non-hydrogen) atoms. The molecular weight excluding hydrogens is 461 g/mol. The standard InChI is InChI=1S/C24H21F3N6S/c25-24(26,27)8-18-7-19-21(29-14-30-22(19)34-18)33-4-3-23(13-33)11-32(12-23)10-15-1-2-20-16(5-15)6-17(9-28)31-20/h1-2,5-7,14,31H,3-4,8,10-13H2. The summed E-state index contributed by atoms with van der Waals surface area (Å²) in [6, 6.07) is 11.9. The maximum absolute atomic E-state index is 12.9. The number of rotatable bonds is 4. The number of anilines is 1. The van der Waals surface area contributed by atoms with E-state index in [2.05, 4.69) is 43.0 Å². The minimum atomic E-state index is -4.23. The van der Waals surface area contributed by atoms with Gasteiger partial charge < -0.3 is 9.88 Å². The molecule has 3 aromatic heterocycles. The highest BCUT2D eigenvalue weighted by molar-refractivity contribution is 7.18. The number of hydrogen-bond donors (Lipinski definition) is 1. The van der Waals surface area contributed by atoms with E-state index in [9.17, 15) is 13.2 Å². The van der Waals surface area contributed by atoms with Crippen molar-refractivity contribution in [1.82, 2.24) is 19.9 Å². The number of hydrogen-bond acceptors (Lipinski definition) is 6. The van der Waals surface area contributed by atoms with Gasteiger partial charge in [-0.1, -0.05) is 6.07 Å². The number of H-pyrrole nitrogens is 1. The summed E-state index contributed by atoms with van der Waals surface area (Å²) in [7, 11) is 0. The van der Waals surface area contributed by atoms with Crippen LogP contribution in [0.25, 0.3) is 21.1 Å². The van der Waals surface area contributed by atoms with Gasteiger partial charge in [0.1, 0.15) is 28.7 Å². The molecular formula is C24H21F3N6S. The molecule has 2 aliphatic rings. The van der Waals surface area contributed by atoms with Crippen molar-refractivity contribution in [2.24, 2.45) is 5.41 Å². The summed E-state index contributed by atoms with van der Waals surface area (Å²) < 4.78 is 38.6. The number of likely N-dealkylation sites (tertiary alicyclic amines) is 1. The predicted molar refractivity (Wildman–Crippen MR) is 125 cm³/mol. The van der Waals surface area contributed by atoms with Gasteiger partial charge in [0.05, 0.1) is 11.8 Å². The second-order valence-corrected chi connectivity index (χ2v) is 10.6. The van der Waals surface area contributed by atoms with Gasteiger partial charge in [-0.2, -0.15) is 18.4 Å². The van der Waals surface area contributed by atoms with Crippen molar-refractivity contribution in [2.75, 3.05) is 31.1 Å². The van der Waals surface area contributed by atoms with Gasteiger partial charge in [-0.15, -0.1) is 11.3 Å². The summed E-state index contributed by atoms with van der Waals surface area (Å²) in [5, 5.41) is 10.8. The van der Waals surface area contributed by atoms with E-state index < -0.39 is 12.6 Å². The number of alkyl halides is 3. The first kappa shape index (κ1) is 21.4. The lowest BCUT2D eigenvalue weighted by Gasteiger charge is -2.48. The Bertz CT molecular complexity index is 1430. The van der Waals surface area contributed by atoms with Crippen molar-refractivity contribution in [3.05, 3.63) is 52.8 Å². The van der Waals surface area contributed by atoms with Crippen molar-refractivity contribution < 1.29 is 13.2 Å². The van der Waals surface area contributed by atoms with Crippen LogP contribution in [0.3, 0.4) is 0 Å². The van der Waals surface area contributed by atoms with Gasteiger partial charge in [-0.3, -0.25) is 4.90 Å². The smallest absolute Gasteiger partial charge is 0.355 e. The zero-order valence-electron chi connectivity index (χ0n) is 18.2. The third-order valence-electron chi connectivity index (χ3n) is 6.80. The van der Waals surface area contributed by atoms with Crippen LogP contribution in [0.1, 0.15) is 22.6 Å². The van der Waals surface area contributed by atoms with Crippen LogP contribution >= 0.6 is 11.3 Å². The molecule has 0 unspecified atom stereocenters. The molecule has 174 valence electrons. The molecule has 0 bridgehead atoms. The molecule has 0 radical (unpaired) electrons. The molecule has 2 aliphatic heterocycles. The quantitative estimate of drug-likeness (QED) is 0.450. The first-order valence-corrected chi connectivity index (χ1v) is 11.9. The number of nitriles is 1. The summed E-state index contributed by atoms with van der Waals surface area (Å²) in [6.07, 6.45) is -2.67. The van der Waals surface area contributed by atoms with E-state index in [-0.39, 0.29) is 10.3 Å². The molecule has 0 atom stereocenters. The first-order chi connectivity index (χ1) is 16.3. The van der Waals surface area contributed by atoms with E-state index >= 15 is 0 Å². The highest BCUT2D eigenvalue weighted by Gasteiger charge is 2.48. The molecule has 2 fully saturated rings. The van der Waals surface area contributed by atoms with Crippen LogP contribution in [0.2, 0.25) is 0 Å². The molecule has 4 aromatic rings. The highest BCUT2D eigenvalue weighted by Crippen LogP contribution is 2.43. The molecule has 10 heteroatoms. The van der Waals surface area contributed by atoms with Crippen LogP contribution in [0.4, 0.5) is 19.0 Å². The van der Waals surface area contributed by atoms with E-state index in [1.807, 2.05) is 12.1 Å². The highest BCUT2D eigenvalue weighted by atomic mass is 32.1. The van der Waals surface area contributed by atoms with Gasteiger partial charge in [0.15, 0.2) is 0 Å². The van der Waals surface area contributed by atoms with Gasteiger partial charge in [-0.25, -0.2) is 9.97 Å². The van der Waals surface area contributed by atoms with Crippen LogP contribution in [0, 0.1) is 16.7 Å². The van der Waals surface area contributed by atoms with Gasteiger partial charge in [0.2, 0.25) is 0 Å². The van der Waals surface area contributed by atoms with Crippen LogP contribution in [0.5, 0.6) is 0 Å². The number of benzene rings is 1. The summed E-state index contributed by atoms with van der Waals surface area (Å²) in [6.45, 7) is 4.51. The van der Waals surface area contributed by atoms with E-state index in [4.69, 9.17) is 5.26 Å². The molecule has 1 N–H and O–H groups in total. The molecule has 6 nitrogen and oxygen atoms in total. The lowest BCUT2D eigenvalue weighted by molar-refractivity contribution is -0.126. The molecule has 0 aliphatic carbocycles. The average Bonchev–Trinajstić information content (AvgIpc) is 3.47. The molecule has 5 heterocycles. The number of aromatic amines is 1. The zero-order valence-corrected chi connectivity index (χ0v) is 19.0. The summed E-state index contributed by atoms with van der Waals surface area (Å²) in [5.74, 6) is 0.746. The third-order valence-corrected chi connectivity index (χ3v) is 7.84. The van der Waals surface area contributed by atoms with Crippen LogP contribution in [-0.4, -0.2) is 52.2 Å². The van der Waals surface area contributed by atoms with Gasteiger partial charge in [0.25, 0.3) is 0 Å². The van der Waals surface area contributed by atoms with E-state index in [1.54, 1.807) is 6.07 Å². The fraction of sp³-hybridized carbons (Fsp3) is 0.375. The maximum Gasteiger partial charge on any atom is 0.393 e. The number of nitrogens with zero attached hydrogens (tertiary/aromatic N) is 5. The van der Waals surface area contributed by atoms with Gasteiger partial charge in [0, 0.05) is 53.9 Å². The monoisotopic (exact) mass is 482 g/mol. The van der Waals surface area contributed by atoms with Crippen molar-refractivity contribution in [1.29, 1.82) is 5.26 Å². The average molecular weight is 483 g/mol. The molecule has 0 amide bonds. The fourth-order valence-electron chi connectivity index (χ4n) is 5.42. The molecule has 2 saturated heterocycles. The number of fused-ring (bicyclic) bond motifs is 2. The first-order valence-electron chi connectivity index (χ1n) is 11.1. The van der Waals surface area contributed by atoms with Crippen molar-refractivity contribution in [3.63, 3.8) is 0 Å². The Kier molecular flexibility index (Phi) is 4.83. The van der Waals surface area contributed by atoms with Crippen molar-refractivity contribution >= 4 is 38.3 Å². The van der Waals surface area contributed by atoms with E-state index in [0.29, 0.717) is 10.5 Å². The fourth-order valence-corrected chi connectivity index (χ4v) is 6.44. The Morgan fingerprint density at radius 3 is 2.79 bits per heavy atom.